The topological polar surface area (TPSA) is 32.8 Å². The number of carbonyl (C=O) groups excluding carboxylic acids is 1. The normalized spacial score (nSPS) is 26.3. The number of piperidine rings is 1. The van der Waals surface area contributed by atoms with Crippen LogP contribution in [0.25, 0.3) is 0 Å². The minimum absolute atomic E-state index is 0.0664. The minimum atomic E-state index is -0.220. The molecule has 3 rings (SSSR count). The highest BCUT2D eigenvalue weighted by Crippen LogP contribution is 2.43. The summed E-state index contributed by atoms with van der Waals surface area (Å²) in [4.78, 5) is 16.7. The van der Waals surface area contributed by atoms with E-state index in [0.29, 0.717) is 0 Å². The maximum absolute atomic E-state index is 13.3. The number of benzene rings is 1. The first-order valence-corrected chi connectivity index (χ1v) is 8.27. The number of hydrogen-bond donors (Lipinski definition) is 0. The van der Waals surface area contributed by atoms with E-state index in [1.54, 1.807) is 7.11 Å². The number of hydrogen-bond acceptors (Lipinski definition) is 3. The standard InChI is InChI=1S/C18H25FN2O2/c1-18(2)11-16-15(5-4-10-20(16)17(22)12-23-3)21(18)14-8-6-13(19)7-9-14/h6-9,15-16H,4-5,10-12H2,1-3H3/t15-,16-/m0/s1. The van der Waals surface area contributed by atoms with Crippen LogP contribution in [0.3, 0.4) is 0 Å². The van der Waals surface area contributed by atoms with Crippen molar-refractivity contribution in [2.75, 3.05) is 25.2 Å². The molecular formula is C18H25FN2O2. The number of fused-ring (bicyclic) bond motifs is 1. The first-order valence-electron chi connectivity index (χ1n) is 8.27. The molecule has 0 bridgehead atoms. The first-order chi connectivity index (χ1) is 10.9. The van der Waals surface area contributed by atoms with E-state index in [9.17, 15) is 9.18 Å². The van der Waals surface area contributed by atoms with E-state index < -0.39 is 0 Å². The lowest BCUT2D eigenvalue weighted by molar-refractivity contribution is -0.138. The number of rotatable bonds is 3. The molecule has 5 heteroatoms. The SMILES string of the molecule is COCC(=O)N1CCC[C@H]2[C@@H]1CC(C)(C)N2c1ccc(F)cc1. The number of methoxy groups -OCH3 is 1. The van der Waals surface area contributed by atoms with Crippen molar-refractivity contribution >= 4 is 11.6 Å². The summed E-state index contributed by atoms with van der Waals surface area (Å²) in [5.74, 6) is -0.151. The van der Waals surface area contributed by atoms with Gasteiger partial charge in [-0.05, 0) is 57.4 Å². The summed E-state index contributed by atoms with van der Waals surface area (Å²) in [5, 5.41) is 0. The maximum atomic E-state index is 13.3. The first kappa shape index (κ1) is 16.2. The Kier molecular flexibility index (Phi) is 4.32. The van der Waals surface area contributed by atoms with Gasteiger partial charge in [0.25, 0.3) is 0 Å². The van der Waals surface area contributed by atoms with Crippen LogP contribution in [-0.2, 0) is 9.53 Å². The number of anilines is 1. The van der Waals surface area contributed by atoms with Gasteiger partial charge < -0.3 is 14.5 Å². The van der Waals surface area contributed by atoms with Crippen LogP contribution in [0.15, 0.2) is 24.3 Å². The highest BCUT2D eigenvalue weighted by molar-refractivity contribution is 5.78. The molecule has 23 heavy (non-hydrogen) atoms. The van der Waals surface area contributed by atoms with Crippen LogP contribution in [0.5, 0.6) is 0 Å². The van der Waals surface area contributed by atoms with Crippen LogP contribution in [0.4, 0.5) is 10.1 Å². The molecule has 4 nitrogen and oxygen atoms in total. The molecule has 0 aromatic heterocycles. The second kappa shape index (κ2) is 6.11. The van der Waals surface area contributed by atoms with Gasteiger partial charge in [-0.2, -0.15) is 0 Å². The molecule has 2 aliphatic heterocycles. The molecule has 0 N–H and O–H groups in total. The lowest BCUT2D eigenvalue weighted by Crippen LogP contribution is -2.53. The Morgan fingerprint density at radius 3 is 2.65 bits per heavy atom. The molecule has 2 aliphatic rings. The predicted octanol–water partition coefficient (Wildman–Crippen LogP) is 2.82. The Hall–Kier alpha value is -1.62. The van der Waals surface area contributed by atoms with Crippen LogP contribution in [0.2, 0.25) is 0 Å². The smallest absolute Gasteiger partial charge is 0.248 e. The van der Waals surface area contributed by atoms with Crippen LogP contribution in [-0.4, -0.2) is 48.7 Å². The van der Waals surface area contributed by atoms with Crippen molar-refractivity contribution in [2.24, 2.45) is 0 Å². The third-order valence-corrected chi connectivity index (χ3v) is 5.13. The van der Waals surface area contributed by atoms with Gasteiger partial charge in [0.15, 0.2) is 0 Å². The third-order valence-electron chi connectivity index (χ3n) is 5.13. The van der Waals surface area contributed by atoms with Crippen molar-refractivity contribution in [3.8, 4) is 0 Å². The quantitative estimate of drug-likeness (QED) is 0.858. The van der Waals surface area contributed by atoms with Gasteiger partial charge >= 0.3 is 0 Å². The van der Waals surface area contributed by atoms with Gasteiger partial charge in [-0.15, -0.1) is 0 Å². The maximum Gasteiger partial charge on any atom is 0.248 e. The zero-order valence-electron chi connectivity index (χ0n) is 14.1. The van der Waals surface area contributed by atoms with Crippen LogP contribution < -0.4 is 4.90 Å². The second-order valence-electron chi connectivity index (χ2n) is 7.16. The minimum Gasteiger partial charge on any atom is -0.375 e. The largest absolute Gasteiger partial charge is 0.375 e. The van der Waals surface area contributed by atoms with E-state index in [4.69, 9.17) is 4.74 Å². The molecule has 2 saturated heterocycles. The molecular weight excluding hydrogens is 295 g/mol. The average Bonchev–Trinajstić information content (AvgIpc) is 2.78. The summed E-state index contributed by atoms with van der Waals surface area (Å²) < 4.78 is 18.3. The van der Waals surface area contributed by atoms with Gasteiger partial charge in [0.05, 0.1) is 12.1 Å². The van der Waals surface area contributed by atoms with Crippen LogP contribution in [0, 0.1) is 5.82 Å². The molecule has 0 saturated carbocycles. The summed E-state index contributed by atoms with van der Waals surface area (Å²) in [6.45, 7) is 5.35. The molecule has 0 radical (unpaired) electrons. The highest BCUT2D eigenvalue weighted by atomic mass is 19.1. The van der Waals surface area contributed by atoms with Crippen molar-refractivity contribution in [3.63, 3.8) is 0 Å². The molecule has 1 aromatic rings. The van der Waals surface area contributed by atoms with Gasteiger partial charge in [-0.3, -0.25) is 4.79 Å². The van der Waals surface area contributed by atoms with Crippen LogP contribution >= 0.6 is 0 Å². The van der Waals surface area contributed by atoms with Crippen molar-refractivity contribution in [1.82, 2.24) is 4.90 Å². The third kappa shape index (κ3) is 2.94. The summed E-state index contributed by atoms with van der Waals surface area (Å²) in [6, 6.07) is 7.19. The molecule has 0 spiro atoms. The number of carbonyl (C=O) groups is 1. The van der Waals surface area contributed by atoms with E-state index in [1.165, 1.54) is 12.1 Å². The fourth-order valence-electron chi connectivity index (χ4n) is 4.30. The monoisotopic (exact) mass is 320 g/mol. The van der Waals surface area contributed by atoms with Gasteiger partial charge in [-0.25, -0.2) is 4.39 Å². The van der Waals surface area contributed by atoms with E-state index in [0.717, 1.165) is 31.5 Å². The Bertz CT molecular complexity index is 573. The van der Waals surface area contributed by atoms with E-state index in [2.05, 4.69) is 18.7 Å². The van der Waals surface area contributed by atoms with Crippen molar-refractivity contribution < 1.29 is 13.9 Å². The number of amides is 1. The molecule has 126 valence electrons. The Morgan fingerprint density at radius 1 is 1.30 bits per heavy atom. The van der Waals surface area contributed by atoms with Crippen molar-refractivity contribution in [1.29, 1.82) is 0 Å². The fraction of sp³-hybridized carbons (Fsp3) is 0.611. The fourth-order valence-corrected chi connectivity index (χ4v) is 4.30. The molecule has 0 unspecified atom stereocenters. The summed E-state index contributed by atoms with van der Waals surface area (Å²) in [5.41, 5.74) is 0.966. The molecule has 1 aromatic carbocycles. The Labute approximate surface area is 137 Å². The average molecular weight is 320 g/mol. The van der Waals surface area contributed by atoms with Crippen molar-refractivity contribution in [2.45, 2.75) is 50.7 Å². The summed E-state index contributed by atoms with van der Waals surface area (Å²) in [6.07, 6.45) is 2.97. The Balaban J connectivity index is 1.90. The van der Waals surface area contributed by atoms with E-state index >= 15 is 0 Å². The molecule has 2 fully saturated rings. The zero-order valence-corrected chi connectivity index (χ0v) is 14.1. The van der Waals surface area contributed by atoms with Gasteiger partial charge in [0, 0.05) is 24.9 Å². The van der Waals surface area contributed by atoms with Gasteiger partial charge in [0.2, 0.25) is 5.91 Å². The van der Waals surface area contributed by atoms with Gasteiger partial charge in [0.1, 0.15) is 12.4 Å². The highest BCUT2D eigenvalue weighted by Gasteiger charge is 2.50. The molecule has 2 heterocycles. The number of ether oxygens (including phenoxy) is 1. The summed E-state index contributed by atoms with van der Waals surface area (Å²) >= 11 is 0. The number of nitrogens with zero attached hydrogens (tertiary/aromatic N) is 2. The van der Waals surface area contributed by atoms with Crippen LogP contribution in [0.1, 0.15) is 33.1 Å². The Morgan fingerprint density at radius 2 is 2.00 bits per heavy atom. The zero-order chi connectivity index (χ0) is 16.6. The number of halogens is 1. The number of likely N-dealkylation sites (tertiary alicyclic amines) is 1. The molecule has 2 atom stereocenters. The van der Waals surface area contributed by atoms with E-state index in [-0.39, 0.29) is 36.0 Å². The van der Waals surface area contributed by atoms with Crippen molar-refractivity contribution in [3.05, 3.63) is 30.1 Å². The lowest BCUT2D eigenvalue weighted by Gasteiger charge is -2.42. The molecule has 0 aliphatic carbocycles. The van der Waals surface area contributed by atoms with Gasteiger partial charge in [-0.1, -0.05) is 0 Å². The second-order valence-corrected chi connectivity index (χ2v) is 7.16. The lowest BCUT2D eigenvalue weighted by atomic mass is 9.94. The predicted molar refractivity (Wildman–Crippen MR) is 88.0 cm³/mol. The summed E-state index contributed by atoms with van der Waals surface area (Å²) in [7, 11) is 1.56. The molecule has 1 amide bonds. The van der Waals surface area contributed by atoms with E-state index in [1.807, 2.05) is 17.0 Å².